The second-order valence-electron chi connectivity index (χ2n) is 2.26. The molecular formula is C7H7N2O3P. The molecule has 0 fully saturated rings. The van der Waals surface area contributed by atoms with Crippen molar-refractivity contribution in [2.24, 2.45) is 5.73 Å². The third kappa shape index (κ3) is 2.50. The number of primary amides is 1. The zero-order chi connectivity index (χ0) is 9.84. The number of rotatable bonds is 2. The number of carbonyl (C=O) groups is 1. The van der Waals surface area contributed by atoms with Crippen LogP contribution in [0.15, 0.2) is 24.3 Å². The van der Waals surface area contributed by atoms with Crippen molar-refractivity contribution in [3.8, 4) is 0 Å². The first-order valence-electron chi connectivity index (χ1n) is 3.41. The Morgan fingerprint density at radius 3 is 2.62 bits per heavy atom. The minimum Gasteiger partial charge on any atom is -0.591 e. The van der Waals surface area contributed by atoms with Gasteiger partial charge in [0.2, 0.25) is 5.30 Å². The molecule has 6 heteroatoms. The fraction of sp³-hybridized carbons (Fsp3) is 0. The molecule has 0 heterocycles. The van der Waals surface area contributed by atoms with Crippen molar-refractivity contribution in [3.63, 3.8) is 0 Å². The largest absolute Gasteiger partial charge is 0.591 e. The Labute approximate surface area is 75.4 Å². The van der Waals surface area contributed by atoms with E-state index >= 15 is 0 Å². The number of nitrogens with one attached hydrogen (secondary N) is 1. The fourth-order valence-electron chi connectivity index (χ4n) is 0.871. The van der Waals surface area contributed by atoms with Crippen molar-refractivity contribution in [1.29, 1.82) is 0 Å². The molecule has 1 aromatic carbocycles. The molecule has 2 amide bonds. The predicted molar refractivity (Wildman–Crippen MR) is 46.9 cm³/mol. The van der Waals surface area contributed by atoms with Gasteiger partial charge < -0.3 is 15.9 Å². The minimum atomic E-state index is -2.72. The number of anilines is 1. The molecule has 1 rings (SSSR count). The van der Waals surface area contributed by atoms with E-state index in [1.54, 1.807) is 12.1 Å². The number of carbonyl (C=O) groups excluding carboxylic acids is 1. The summed E-state index contributed by atoms with van der Waals surface area (Å²) in [5, 5.41) is 2.26. The smallest absolute Gasteiger partial charge is 0.350 e. The van der Waals surface area contributed by atoms with Gasteiger partial charge in [-0.15, -0.1) is 0 Å². The lowest BCUT2D eigenvalue weighted by Crippen LogP contribution is -2.23. The van der Waals surface area contributed by atoms with Crippen LogP contribution in [-0.4, -0.2) is 6.03 Å². The Kier molecular flexibility index (Phi) is 2.95. The van der Waals surface area contributed by atoms with Gasteiger partial charge in [-0.3, -0.25) is 0 Å². The van der Waals surface area contributed by atoms with Crippen molar-refractivity contribution in [3.05, 3.63) is 24.3 Å². The average molecular weight is 198 g/mol. The quantitative estimate of drug-likeness (QED) is 0.649. The van der Waals surface area contributed by atoms with E-state index in [0.717, 1.165) is 0 Å². The van der Waals surface area contributed by atoms with Crippen molar-refractivity contribution in [2.75, 3.05) is 5.32 Å². The van der Waals surface area contributed by atoms with Crippen LogP contribution in [0.5, 0.6) is 0 Å². The summed E-state index contributed by atoms with van der Waals surface area (Å²) in [7, 11) is -2.72. The molecule has 13 heavy (non-hydrogen) atoms. The molecule has 0 spiro atoms. The lowest BCUT2D eigenvalue weighted by molar-refractivity contribution is -0.160. The summed E-state index contributed by atoms with van der Waals surface area (Å²) in [6, 6.07) is 5.23. The number of nitrogens with two attached hydrogens (primary N) is 1. The van der Waals surface area contributed by atoms with Gasteiger partial charge in [0.05, 0.1) is 5.69 Å². The van der Waals surface area contributed by atoms with Crippen molar-refractivity contribution >= 4 is 25.1 Å². The highest BCUT2D eigenvalue weighted by molar-refractivity contribution is 7.46. The van der Waals surface area contributed by atoms with E-state index < -0.39 is 14.1 Å². The Hall–Kier alpha value is -1.45. The maximum atomic E-state index is 10.6. The summed E-state index contributed by atoms with van der Waals surface area (Å²) in [6.07, 6.45) is 0. The van der Waals surface area contributed by atoms with Gasteiger partial charge in [0.15, 0.2) is 0 Å². The molecule has 1 atom stereocenters. The molecule has 0 bridgehead atoms. The molecule has 0 aliphatic rings. The molecule has 68 valence electrons. The summed E-state index contributed by atoms with van der Waals surface area (Å²) in [5.41, 5.74) is 5.05. The van der Waals surface area contributed by atoms with Crippen LogP contribution in [0.3, 0.4) is 0 Å². The number of hydrogen-bond acceptors (Lipinski definition) is 3. The van der Waals surface area contributed by atoms with Crippen LogP contribution >= 0.6 is 8.03 Å². The Morgan fingerprint density at radius 1 is 1.46 bits per heavy atom. The van der Waals surface area contributed by atoms with E-state index in [9.17, 15) is 14.3 Å². The topological polar surface area (TPSA) is 95.2 Å². The lowest BCUT2D eigenvalue weighted by Gasteiger charge is -2.01. The van der Waals surface area contributed by atoms with Gasteiger partial charge in [0, 0.05) is 0 Å². The highest BCUT2D eigenvalue weighted by atomic mass is 31.1. The predicted octanol–water partition coefficient (Wildman–Crippen LogP) is -0.0948. The summed E-state index contributed by atoms with van der Waals surface area (Å²) < 4.78 is 10.6. The standard InChI is InChI=1S/C7H7N2O3P/c8-7(10)9-5-3-1-2-4-6(5)13(11)12/h1-4H,(H3,8,9,10). The third-order valence-electron chi connectivity index (χ3n) is 1.36. The second-order valence-corrected chi connectivity index (χ2v) is 3.26. The Bertz CT molecular complexity index is 353. The first-order valence-corrected chi connectivity index (χ1v) is 4.59. The number of hydrogen-bond donors (Lipinski definition) is 2. The SMILES string of the molecule is NC(=O)Nc1ccccc1[P+](=O)[O-]. The van der Waals surface area contributed by atoms with Crippen LogP contribution in [0.4, 0.5) is 10.5 Å². The second kappa shape index (κ2) is 3.98. The zero-order valence-corrected chi connectivity index (χ0v) is 7.45. The highest BCUT2D eigenvalue weighted by Gasteiger charge is 2.13. The molecule has 0 radical (unpaired) electrons. The van der Waals surface area contributed by atoms with Crippen LogP contribution < -0.4 is 21.2 Å². The Balaban J connectivity index is 3.04. The Morgan fingerprint density at radius 2 is 2.08 bits per heavy atom. The van der Waals surface area contributed by atoms with Crippen molar-refractivity contribution < 1.29 is 14.3 Å². The first kappa shape index (κ1) is 9.64. The van der Waals surface area contributed by atoms with Crippen molar-refractivity contribution in [2.45, 2.75) is 0 Å². The van der Waals surface area contributed by atoms with Crippen LogP contribution in [0.1, 0.15) is 0 Å². The summed E-state index contributed by atoms with van der Waals surface area (Å²) >= 11 is 0. The van der Waals surface area contributed by atoms with E-state index in [1.807, 2.05) is 0 Å². The lowest BCUT2D eigenvalue weighted by atomic mass is 10.3. The van der Waals surface area contributed by atoms with E-state index in [4.69, 9.17) is 5.73 Å². The highest BCUT2D eigenvalue weighted by Crippen LogP contribution is 2.15. The molecular weight excluding hydrogens is 191 g/mol. The van der Waals surface area contributed by atoms with Gasteiger partial charge in [-0.25, -0.2) is 4.79 Å². The molecule has 0 aliphatic heterocycles. The van der Waals surface area contributed by atoms with Gasteiger partial charge >= 0.3 is 14.1 Å². The first-order chi connectivity index (χ1) is 6.11. The van der Waals surface area contributed by atoms with Gasteiger partial charge in [-0.1, -0.05) is 16.7 Å². The summed E-state index contributed by atoms with van der Waals surface area (Å²) in [4.78, 5) is 21.1. The molecule has 0 saturated heterocycles. The van der Waals surface area contributed by atoms with Gasteiger partial charge in [-0.2, -0.15) is 0 Å². The van der Waals surface area contributed by atoms with Crippen molar-refractivity contribution in [1.82, 2.24) is 0 Å². The summed E-state index contributed by atoms with van der Waals surface area (Å²) in [6.45, 7) is 0. The molecule has 3 N–H and O–H groups in total. The summed E-state index contributed by atoms with van der Waals surface area (Å²) in [5.74, 6) is 0. The monoisotopic (exact) mass is 198 g/mol. The molecule has 5 nitrogen and oxygen atoms in total. The molecule has 0 aliphatic carbocycles. The molecule has 1 aromatic rings. The van der Waals surface area contributed by atoms with E-state index in [2.05, 4.69) is 5.32 Å². The van der Waals surface area contributed by atoms with Crippen LogP contribution in [0.2, 0.25) is 0 Å². The van der Waals surface area contributed by atoms with Gasteiger partial charge in [0.25, 0.3) is 0 Å². The van der Waals surface area contributed by atoms with E-state index in [-0.39, 0.29) is 11.0 Å². The normalized spacial score (nSPS) is 10.7. The van der Waals surface area contributed by atoms with Crippen LogP contribution in [-0.2, 0) is 4.57 Å². The number of amides is 2. The third-order valence-corrected chi connectivity index (χ3v) is 2.14. The number of urea groups is 1. The average Bonchev–Trinajstić information content (AvgIpc) is 2.03. The van der Waals surface area contributed by atoms with Crippen LogP contribution in [0, 0.1) is 0 Å². The molecule has 1 unspecified atom stereocenters. The van der Waals surface area contributed by atoms with Gasteiger partial charge in [-0.05, 0) is 12.1 Å². The zero-order valence-electron chi connectivity index (χ0n) is 6.56. The van der Waals surface area contributed by atoms with E-state index in [1.165, 1.54) is 12.1 Å². The number of benzene rings is 1. The van der Waals surface area contributed by atoms with Crippen LogP contribution in [0.25, 0.3) is 0 Å². The fourth-order valence-corrected chi connectivity index (χ4v) is 1.41. The van der Waals surface area contributed by atoms with E-state index in [0.29, 0.717) is 0 Å². The molecule has 0 aromatic heterocycles. The minimum absolute atomic E-state index is 0.0521. The number of para-hydroxylation sites is 1. The maximum absolute atomic E-state index is 10.6. The van der Waals surface area contributed by atoms with Gasteiger partial charge in [0.1, 0.15) is 0 Å². The maximum Gasteiger partial charge on any atom is 0.350 e. The molecule has 0 saturated carbocycles.